The summed E-state index contributed by atoms with van der Waals surface area (Å²) in [4.78, 5) is 14.7. The smallest absolute Gasteiger partial charge is 0.170 e. The van der Waals surface area contributed by atoms with Crippen LogP contribution in [0.3, 0.4) is 0 Å². The van der Waals surface area contributed by atoms with Crippen molar-refractivity contribution in [2.45, 2.75) is 6.92 Å². The van der Waals surface area contributed by atoms with Crippen molar-refractivity contribution in [1.29, 1.82) is 0 Å². The Morgan fingerprint density at radius 3 is 2.86 bits per heavy atom. The molecule has 14 heavy (non-hydrogen) atoms. The molecule has 0 bridgehead atoms. The lowest BCUT2D eigenvalue weighted by atomic mass is 10.3. The Balaban J connectivity index is 2.94. The van der Waals surface area contributed by atoms with Gasteiger partial charge < -0.3 is 0 Å². The summed E-state index contributed by atoms with van der Waals surface area (Å²) in [5, 5.41) is 0.660. The van der Waals surface area contributed by atoms with Crippen LogP contribution in [0.4, 0.5) is 0 Å². The molecule has 0 saturated carbocycles. The van der Waals surface area contributed by atoms with Crippen LogP contribution in [0.2, 0.25) is 10.2 Å². The molecular weight excluding hydrogens is 223 g/mol. The number of fused-ring (bicyclic) bond motifs is 1. The van der Waals surface area contributed by atoms with E-state index in [1.54, 1.807) is 16.7 Å². The summed E-state index contributed by atoms with van der Waals surface area (Å²) in [5.74, 6) is 0. The lowest BCUT2D eigenvalue weighted by molar-refractivity contribution is 0.111. The number of halogens is 2. The lowest BCUT2D eigenvalue weighted by Crippen LogP contribution is -1.92. The maximum absolute atomic E-state index is 10.7. The minimum Gasteiger partial charge on any atom is -0.296 e. The topological polar surface area (TPSA) is 34.4 Å². The van der Waals surface area contributed by atoms with Gasteiger partial charge in [0.15, 0.2) is 17.1 Å². The number of hydrogen-bond donors (Lipinski definition) is 0. The number of imidazole rings is 1. The maximum atomic E-state index is 10.7. The van der Waals surface area contributed by atoms with Crippen LogP contribution in [-0.4, -0.2) is 15.7 Å². The highest BCUT2D eigenvalue weighted by atomic mass is 35.5. The molecule has 2 aromatic rings. The highest BCUT2D eigenvalue weighted by molar-refractivity contribution is 6.35. The Morgan fingerprint density at radius 1 is 1.50 bits per heavy atom. The van der Waals surface area contributed by atoms with Crippen molar-refractivity contribution in [2.24, 2.45) is 0 Å². The minimum absolute atomic E-state index is 0.174. The van der Waals surface area contributed by atoms with E-state index in [4.69, 9.17) is 23.2 Å². The monoisotopic (exact) mass is 228 g/mol. The van der Waals surface area contributed by atoms with Gasteiger partial charge >= 0.3 is 0 Å². The fraction of sp³-hybridized carbons (Fsp3) is 0.111. The van der Waals surface area contributed by atoms with Crippen LogP contribution in [0.25, 0.3) is 5.65 Å². The van der Waals surface area contributed by atoms with Gasteiger partial charge in [-0.05, 0) is 18.6 Å². The van der Waals surface area contributed by atoms with Crippen LogP contribution in [-0.2, 0) is 0 Å². The first-order valence-corrected chi connectivity index (χ1v) is 4.68. The Bertz CT molecular complexity index is 519. The van der Waals surface area contributed by atoms with Crippen LogP contribution in [0, 0.1) is 6.92 Å². The fourth-order valence-electron chi connectivity index (χ4n) is 1.33. The molecule has 0 atom stereocenters. The van der Waals surface area contributed by atoms with E-state index in [1.165, 1.54) is 0 Å². The molecule has 5 heteroatoms. The summed E-state index contributed by atoms with van der Waals surface area (Å²) in [6.45, 7) is 1.88. The molecule has 0 aliphatic rings. The number of aromatic nitrogens is 2. The zero-order valence-corrected chi connectivity index (χ0v) is 8.80. The van der Waals surface area contributed by atoms with Crippen molar-refractivity contribution >= 4 is 35.1 Å². The molecule has 0 radical (unpaired) electrons. The second-order valence-corrected chi connectivity index (χ2v) is 3.73. The second kappa shape index (κ2) is 3.26. The van der Waals surface area contributed by atoms with E-state index in [2.05, 4.69) is 4.98 Å². The van der Waals surface area contributed by atoms with E-state index >= 15 is 0 Å². The summed E-state index contributed by atoms with van der Waals surface area (Å²) in [6.07, 6.45) is 2.43. The van der Waals surface area contributed by atoms with Gasteiger partial charge in [0.25, 0.3) is 0 Å². The molecular formula is C9H6Cl2N2O. The fourth-order valence-corrected chi connectivity index (χ4v) is 1.85. The summed E-state index contributed by atoms with van der Waals surface area (Å²) < 4.78 is 1.59. The van der Waals surface area contributed by atoms with Gasteiger partial charge in [-0.1, -0.05) is 23.2 Å². The number of hydrogen-bond acceptors (Lipinski definition) is 2. The molecule has 2 aromatic heterocycles. The molecule has 0 aliphatic carbocycles. The van der Waals surface area contributed by atoms with E-state index in [9.17, 15) is 4.79 Å². The molecule has 0 amide bonds. The predicted octanol–water partition coefficient (Wildman–Crippen LogP) is 2.76. The molecule has 0 N–H and O–H groups in total. The molecule has 0 spiro atoms. The highest BCUT2D eigenvalue weighted by Crippen LogP contribution is 2.23. The van der Waals surface area contributed by atoms with Gasteiger partial charge in [0.2, 0.25) is 0 Å². The zero-order chi connectivity index (χ0) is 10.3. The average Bonchev–Trinajstić information content (AvgIpc) is 2.41. The van der Waals surface area contributed by atoms with Crippen molar-refractivity contribution in [3.05, 3.63) is 33.7 Å². The van der Waals surface area contributed by atoms with E-state index in [0.717, 1.165) is 5.56 Å². The predicted molar refractivity (Wildman–Crippen MR) is 55.3 cm³/mol. The van der Waals surface area contributed by atoms with Crippen LogP contribution in [0.1, 0.15) is 16.1 Å². The summed E-state index contributed by atoms with van der Waals surface area (Å²) >= 11 is 11.7. The van der Waals surface area contributed by atoms with Crippen molar-refractivity contribution in [1.82, 2.24) is 9.38 Å². The lowest BCUT2D eigenvalue weighted by Gasteiger charge is -1.99. The molecule has 0 fully saturated rings. The molecule has 2 rings (SSSR count). The number of carbonyl (C=O) groups is 1. The third-order valence-electron chi connectivity index (χ3n) is 1.92. The first kappa shape index (κ1) is 9.49. The first-order chi connectivity index (χ1) is 6.63. The van der Waals surface area contributed by atoms with Crippen molar-refractivity contribution in [3.8, 4) is 0 Å². The van der Waals surface area contributed by atoms with Gasteiger partial charge in [0.1, 0.15) is 5.69 Å². The van der Waals surface area contributed by atoms with Gasteiger partial charge in [-0.25, -0.2) is 4.98 Å². The van der Waals surface area contributed by atoms with E-state index in [-0.39, 0.29) is 5.15 Å². The normalized spacial score (nSPS) is 10.8. The Kier molecular flexibility index (Phi) is 2.21. The third kappa shape index (κ3) is 1.29. The van der Waals surface area contributed by atoms with E-state index in [1.807, 2.05) is 6.92 Å². The second-order valence-electron chi connectivity index (χ2n) is 2.96. The van der Waals surface area contributed by atoms with Gasteiger partial charge in [0.05, 0.1) is 5.02 Å². The molecule has 0 aromatic carbocycles. The van der Waals surface area contributed by atoms with Crippen LogP contribution >= 0.6 is 23.2 Å². The zero-order valence-electron chi connectivity index (χ0n) is 7.29. The molecule has 0 unspecified atom stereocenters. The van der Waals surface area contributed by atoms with Crippen LogP contribution < -0.4 is 0 Å². The summed E-state index contributed by atoms with van der Waals surface area (Å²) in [6, 6.07) is 1.77. The van der Waals surface area contributed by atoms with E-state index < -0.39 is 0 Å². The molecule has 2 heterocycles. The van der Waals surface area contributed by atoms with Crippen molar-refractivity contribution < 1.29 is 4.79 Å². The van der Waals surface area contributed by atoms with Crippen molar-refractivity contribution in [3.63, 3.8) is 0 Å². The first-order valence-electron chi connectivity index (χ1n) is 3.92. The Morgan fingerprint density at radius 2 is 2.21 bits per heavy atom. The van der Waals surface area contributed by atoms with E-state index in [0.29, 0.717) is 22.6 Å². The molecule has 72 valence electrons. The van der Waals surface area contributed by atoms with Gasteiger partial charge in [0, 0.05) is 6.20 Å². The molecule has 0 aliphatic heterocycles. The van der Waals surface area contributed by atoms with Crippen LogP contribution in [0.5, 0.6) is 0 Å². The summed E-state index contributed by atoms with van der Waals surface area (Å²) in [7, 11) is 0. The van der Waals surface area contributed by atoms with Gasteiger partial charge in [-0.15, -0.1) is 0 Å². The Hall–Kier alpha value is -1.06. The Labute approximate surface area is 90.3 Å². The average molecular weight is 229 g/mol. The number of aryl methyl sites for hydroxylation is 1. The van der Waals surface area contributed by atoms with Gasteiger partial charge in [-0.2, -0.15) is 0 Å². The number of rotatable bonds is 1. The maximum Gasteiger partial charge on any atom is 0.170 e. The standard InChI is InChI=1S/C9H6Cl2N2O/c1-5-2-6(10)9-12-8(11)7(4-14)13(9)3-5/h2-4H,1H3. The molecule has 0 saturated heterocycles. The van der Waals surface area contributed by atoms with Crippen molar-refractivity contribution in [2.75, 3.05) is 0 Å². The quantitative estimate of drug-likeness (QED) is 0.704. The highest BCUT2D eigenvalue weighted by Gasteiger charge is 2.11. The SMILES string of the molecule is Cc1cc(Cl)c2nc(Cl)c(C=O)n2c1. The largest absolute Gasteiger partial charge is 0.296 e. The number of aldehydes is 1. The number of pyridine rings is 1. The van der Waals surface area contributed by atoms with Gasteiger partial charge in [-0.3, -0.25) is 9.20 Å². The summed E-state index contributed by atoms with van der Waals surface area (Å²) in [5.41, 5.74) is 1.77. The number of nitrogens with zero attached hydrogens (tertiary/aromatic N) is 2. The molecule has 3 nitrogen and oxygen atoms in total. The third-order valence-corrected chi connectivity index (χ3v) is 2.47. The van der Waals surface area contributed by atoms with Crippen LogP contribution in [0.15, 0.2) is 12.3 Å². The number of carbonyl (C=O) groups excluding carboxylic acids is 1. The minimum atomic E-state index is 0.174.